The van der Waals surface area contributed by atoms with Gasteiger partial charge in [0.1, 0.15) is 6.04 Å². The van der Waals surface area contributed by atoms with Crippen molar-refractivity contribution in [2.45, 2.75) is 44.7 Å². The summed E-state index contributed by atoms with van der Waals surface area (Å²) >= 11 is 17.8. The van der Waals surface area contributed by atoms with Gasteiger partial charge in [0.2, 0.25) is 5.91 Å². The summed E-state index contributed by atoms with van der Waals surface area (Å²) in [7, 11) is 0. The number of hydrogen-bond acceptors (Lipinski definition) is 4. The van der Waals surface area contributed by atoms with E-state index in [1.54, 1.807) is 34.2 Å². The van der Waals surface area contributed by atoms with Crippen molar-refractivity contribution in [2.24, 2.45) is 0 Å². The number of halogens is 3. The zero-order chi connectivity index (χ0) is 26.8. The van der Waals surface area contributed by atoms with E-state index in [1.807, 2.05) is 48.7 Å². The molecule has 0 saturated heterocycles. The minimum absolute atomic E-state index is 0.180. The monoisotopic (exact) mass is 630 g/mol. The molecule has 0 unspecified atom stereocenters. The third-order valence-electron chi connectivity index (χ3n) is 6.34. The van der Waals surface area contributed by atoms with E-state index in [4.69, 9.17) is 28.3 Å². The fourth-order valence-electron chi connectivity index (χ4n) is 4.29. The second kappa shape index (κ2) is 11.6. The van der Waals surface area contributed by atoms with Crippen LogP contribution in [0.15, 0.2) is 64.5 Å². The van der Waals surface area contributed by atoms with Crippen LogP contribution in [-0.4, -0.2) is 33.7 Å². The molecule has 2 aromatic heterocycles. The van der Waals surface area contributed by atoms with Crippen molar-refractivity contribution in [1.82, 2.24) is 20.4 Å². The van der Waals surface area contributed by atoms with Gasteiger partial charge in [-0.25, -0.2) is 4.68 Å². The highest BCUT2D eigenvalue weighted by atomic mass is 79.9. The summed E-state index contributed by atoms with van der Waals surface area (Å²) in [4.78, 5) is 27.9. The van der Waals surface area contributed by atoms with E-state index in [2.05, 4.69) is 26.6 Å². The molecule has 1 fully saturated rings. The molecular formula is C28H25BrCl2N4O2S. The molecule has 0 aliphatic heterocycles. The molecule has 2 heterocycles. The quantitative estimate of drug-likeness (QED) is 0.212. The van der Waals surface area contributed by atoms with Crippen LogP contribution >= 0.6 is 50.5 Å². The lowest BCUT2D eigenvalue weighted by Crippen LogP contribution is -2.48. The average Bonchev–Trinajstić information content (AvgIpc) is 3.40. The van der Waals surface area contributed by atoms with Crippen LogP contribution in [0, 0.1) is 0 Å². The number of carbonyl (C=O) groups excluding carboxylic acids is 2. The third kappa shape index (κ3) is 5.99. The largest absolute Gasteiger partial charge is 0.352 e. The molecule has 0 radical (unpaired) electrons. The first-order valence-electron chi connectivity index (χ1n) is 12.3. The Morgan fingerprint density at radius 1 is 1.16 bits per heavy atom. The molecule has 4 aromatic rings. The molecule has 38 heavy (non-hydrogen) atoms. The van der Waals surface area contributed by atoms with E-state index in [0.717, 1.165) is 39.0 Å². The number of amides is 2. The Morgan fingerprint density at radius 3 is 2.55 bits per heavy atom. The van der Waals surface area contributed by atoms with Gasteiger partial charge in [0, 0.05) is 38.0 Å². The lowest BCUT2D eigenvalue weighted by Gasteiger charge is -2.17. The van der Waals surface area contributed by atoms with Crippen molar-refractivity contribution in [3.8, 4) is 16.9 Å². The fraction of sp³-hybridized carbons (Fsp3) is 0.250. The predicted molar refractivity (Wildman–Crippen MR) is 157 cm³/mol. The van der Waals surface area contributed by atoms with E-state index in [-0.39, 0.29) is 17.6 Å². The lowest BCUT2D eigenvalue weighted by molar-refractivity contribution is -0.123. The zero-order valence-corrected chi connectivity index (χ0v) is 24.4. The summed E-state index contributed by atoms with van der Waals surface area (Å²) in [5.74, 6) is -0.586. The maximum atomic E-state index is 13.8. The van der Waals surface area contributed by atoms with Crippen molar-refractivity contribution >= 4 is 62.3 Å². The number of benzene rings is 2. The molecule has 2 N–H and O–H groups in total. The number of carbonyl (C=O) groups is 2. The summed E-state index contributed by atoms with van der Waals surface area (Å²) in [5, 5.41) is 13.6. The van der Waals surface area contributed by atoms with Crippen molar-refractivity contribution in [1.29, 1.82) is 0 Å². The van der Waals surface area contributed by atoms with Gasteiger partial charge in [0.25, 0.3) is 5.91 Å². The summed E-state index contributed by atoms with van der Waals surface area (Å²) in [6.07, 6.45) is 2.89. The van der Waals surface area contributed by atoms with Gasteiger partial charge in [-0.2, -0.15) is 5.10 Å². The Morgan fingerprint density at radius 2 is 1.92 bits per heavy atom. The third-order valence-corrected chi connectivity index (χ3v) is 8.30. The Bertz CT molecular complexity index is 1470. The van der Waals surface area contributed by atoms with Crippen molar-refractivity contribution in [3.05, 3.63) is 90.6 Å². The van der Waals surface area contributed by atoms with Gasteiger partial charge >= 0.3 is 0 Å². The normalized spacial score (nSPS) is 13.8. The number of rotatable bonds is 9. The Hall–Kier alpha value is -2.65. The highest BCUT2D eigenvalue weighted by molar-refractivity contribution is 9.10. The maximum Gasteiger partial charge on any atom is 0.272 e. The average molecular weight is 632 g/mol. The second-order valence-electron chi connectivity index (χ2n) is 9.14. The number of nitrogens with one attached hydrogen (secondary N) is 2. The van der Waals surface area contributed by atoms with Crippen molar-refractivity contribution in [2.75, 3.05) is 0 Å². The first kappa shape index (κ1) is 26.9. The first-order chi connectivity index (χ1) is 18.3. The summed E-state index contributed by atoms with van der Waals surface area (Å²) < 4.78 is 2.62. The van der Waals surface area contributed by atoms with Crippen molar-refractivity contribution in [3.63, 3.8) is 0 Å². The van der Waals surface area contributed by atoms with Crippen LogP contribution in [0.4, 0.5) is 0 Å². The van der Waals surface area contributed by atoms with Gasteiger partial charge in [-0.05, 0) is 61.0 Å². The molecule has 196 valence electrons. The molecule has 0 bridgehead atoms. The molecule has 1 aliphatic carbocycles. The van der Waals surface area contributed by atoms with Gasteiger partial charge < -0.3 is 10.6 Å². The molecule has 2 aromatic carbocycles. The van der Waals surface area contributed by atoms with Crippen LogP contribution in [0.1, 0.15) is 40.7 Å². The maximum absolute atomic E-state index is 13.8. The minimum atomic E-state index is -0.716. The van der Waals surface area contributed by atoms with Crippen molar-refractivity contribution < 1.29 is 9.59 Å². The summed E-state index contributed by atoms with van der Waals surface area (Å²) in [6, 6.07) is 16.3. The van der Waals surface area contributed by atoms with E-state index in [1.165, 1.54) is 0 Å². The first-order valence-corrected chi connectivity index (χ1v) is 14.7. The molecular weight excluding hydrogens is 607 g/mol. The molecule has 5 rings (SSSR count). The standard InChI is InChI=1S/C28H25BrCl2N4O2S/c1-2-21-25(28(37)33-23(15-20-4-3-13-38-20)27(36)32-19-10-11-19)34-35(24-12-9-18(30)14-22(24)31)26(21)16-5-7-17(29)8-6-16/h3-9,12-14,19,23H,2,10-11,15H2,1H3,(H,32,36)(H,33,37)/t23-/m0/s1. The Labute approximate surface area is 243 Å². The van der Waals surface area contributed by atoms with Gasteiger partial charge in [-0.1, -0.05) is 64.3 Å². The smallest absolute Gasteiger partial charge is 0.272 e. The van der Waals surface area contributed by atoms with Gasteiger partial charge in [0.05, 0.1) is 16.4 Å². The molecule has 6 nitrogen and oxygen atoms in total. The van der Waals surface area contributed by atoms with Gasteiger partial charge in [0.15, 0.2) is 5.69 Å². The highest BCUT2D eigenvalue weighted by Gasteiger charge is 2.31. The van der Waals surface area contributed by atoms with Crippen LogP contribution in [0.5, 0.6) is 0 Å². The van der Waals surface area contributed by atoms with Gasteiger partial charge in [-0.15, -0.1) is 11.3 Å². The van der Waals surface area contributed by atoms with Crippen LogP contribution < -0.4 is 10.6 Å². The Balaban J connectivity index is 1.56. The molecule has 2 amide bonds. The van der Waals surface area contributed by atoms with Crippen LogP contribution in [0.3, 0.4) is 0 Å². The minimum Gasteiger partial charge on any atom is -0.352 e. The van der Waals surface area contributed by atoms with Crippen LogP contribution in [-0.2, 0) is 17.6 Å². The molecule has 10 heteroatoms. The van der Waals surface area contributed by atoms with Gasteiger partial charge in [-0.3, -0.25) is 9.59 Å². The predicted octanol–water partition coefficient (Wildman–Crippen LogP) is 6.85. The number of nitrogens with zero attached hydrogens (tertiary/aromatic N) is 2. The molecule has 0 spiro atoms. The molecule has 1 saturated carbocycles. The van der Waals surface area contributed by atoms with E-state index >= 15 is 0 Å². The van der Waals surface area contributed by atoms with E-state index < -0.39 is 11.9 Å². The van der Waals surface area contributed by atoms with E-state index in [0.29, 0.717) is 28.6 Å². The number of thiophene rings is 1. The molecule has 1 aliphatic rings. The lowest BCUT2D eigenvalue weighted by atomic mass is 10.0. The van der Waals surface area contributed by atoms with Crippen LogP contribution in [0.2, 0.25) is 10.0 Å². The summed E-state index contributed by atoms with van der Waals surface area (Å²) in [6.45, 7) is 1.98. The fourth-order valence-corrected chi connectivity index (χ4v) is 5.80. The van der Waals surface area contributed by atoms with Crippen LogP contribution in [0.25, 0.3) is 16.9 Å². The van der Waals surface area contributed by atoms with E-state index in [9.17, 15) is 9.59 Å². The zero-order valence-electron chi connectivity index (χ0n) is 20.5. The number of hydrogen-bond donors (Lipinski definition) is 2. The number of aromatic nitrogens is 2. The SMILES string of the molecule is CCc1c(C(=O)N[C@@H](Cc2cccs2)C(=O)NC2CC2)nn(-c2ccc(Cl)cc2Cl)c1-c1ccc(Br)cc1. The summed E-state index contributed by atoms with van der Waals surface area (Å²) in [5.41, 5.74) is 3.25. The Kier molecular flexibility index (Phi) is 8.23. The highest BCUT2D eigenvalue weighted by Crippen LogP contribution is 2.34. The topological polar surface area (TPSA) is 76.0 Å². The molecule has 1 atom stereocenters. The second-order valence-corrected chi connectivity index (χ2v) is 11.9.